The normalized spacial score (nSPS) is 25.5. The Morgan fingerprint density at radius 3 is 2.34 bits per heavy atom. The van der Waals surface area contributed by atoms with Gasteiger partial charge in [0.25, 0.3) is 0 Å². The van der Waals surface area contributed by atoms with Crippen molar-refractivity contribution in [3.63, 3.8) is 0 Å². The summed E-state index contributed by atoms with van der Waals surface area (Å²) in [4.78, 5) is 7.84. The maximum atomic E-state index is 10.4. The Kier molecular flexibility index (Phi) is 7.00. The van der Waals surface area contributed by atoms with Gasteiger partial charge in [-0.25, -0.2) is 9.97 Å². The van der Waals surface area contributed by atoms with Crippen LogP contribution in [0.2, 0.25) is 5.02 Å². The molecule has 168 valence electrons. The second-order valence-electron chi connectivity index (χ2n) is 7.48. The lowest BCUT2D eigenvalue weighted by atomic mass is 9.92. The van der Waals surface area contributed by atoms with Crippen LogP contribution in [0.4, 0.5) is 0 Å². The summed E-state index contributed by atoms with van der Waals surface area (Å²) >= 11 is 6.41. The summed E-state index contributed by atoms with van der Waals surface area (Å²) in [6.45, 7) is 0. The number of halogens is 1. The minimum atomic E-state index is -1.40. The Hall–Kier alpha value is -2.59. The zero-order chi connectivity index (χ0) is 22.7. The van der Waals surface area contributed by atoms with E-state index >= 15 is 0 Å². The Labute approximate surface area is 190 Å². The van der Waals surface area contributed by atoms with Crippen molar-refractivity contribution in [3.05, 3.63) is 82.9 Å². The van der Waals surface area contributed by atoms with Gasteiger partial charge in [0.15, 0.2) is 12.0 Å². The molecular formula is C23H23ClN2O6. The van der Waals surface area contributed by atoms with E-state index in [-0.39, 0.29) is 0 Å². The molecule has 0 amide bonds. The standard InChI is InChI=1S/C23H23ClN2O6/c1-30-23-21(29)19(27)20(28)22(32-23)14-4-7-18(24)15(9-14)8-13-2-5-16(6-3-13)31-17-10-25-12-26-11-17/h2-7,9-12,19-23,27-29H,8H2,1H3. The first-order chi connectivity index (χ1) is 15.5. The van der Waals surface area contributed by atoms with E-state index in [1.165, 1.54) is 13.4 Å². The number of nitrogens with zero attached hydrogens (tertiary/aromatic N) is 2. The first-order valence-electron chi connectivity index (χ1n) is 9.99. The van der Waals surface area contributed by atoms with Gasteiger partial charge in [-0.2, -0.15) is 0 Å². The molecule has 32 heavy (non-hydrogen) atoms. The number of rotatable bonds is 6. The van der Waals surface area contributed by atoms with Crippen molar-refractivity contribution in [3.8, 4) is 11.5 Å². The summed E-state index contributed by atoms with van der Waals surface area (Å²) in [6.07, 6.45) is -0.869. The molecule has 1 aliphatic heterocycles. The van der Waals surface area contributed by atoms with Gasteiger partial charge < -0.3 is 29.5 Å². The smallest absolute Gasteiger partial charge is 0.186 e. The molecule has 5 atom stereocenters. The monoisotopic (exact) mass is 458 g/mol. The first kappa shape index (κ1) is 22.6. The highest BCUT2D eigenvalue weighted by molar-refractivity contribution is 6.31. The summed E-state index contributed by atoms with van der Waals surface area (Å²) in [5.74, 6) is 1.20. The fourth-order valence-corrected chi connectivity index (χ4v) is 3.78. The number of hydrogen-bond donors (Lipinski definition) is 3. The van der Waals surface area contributed by atoms with Crippen LogP contribution in [0.1, 0.15) is 22.8 Å². The van der Waals surface area contributed by atoms with E-state index in [9.17, 15) is 15.3 Å². The topological polar surface area (TPSA) is 114 Å². The van der Waals surface area contributed by atoms with Crippen LogP contribution in [-0.4, -0.2) is 57.0 Å². The number of aromatic nitrogens is 2. The Morgan fingerprint density at radius 2 is 1.66 bits per heavy atom. The number of methoxy groups -OCH3 is 1. The van der Waals surface area contributed by atoms with E-state index in [0.717, 1.165) is 11.1 Å². The molecule has 1 aliphatic rings. The molecule has 2 aromatic carbocycles. The van der Waals surface area contributed by atoms with E-state index in [2.05, 4.69) is 9.97 Å². The second-order valence-corrected chi connectivity index (χ2v) is 7.89. The van der Waals surface area contributed by atoms with Crippen molar-refractivity contribution >= 4 is 11.6 Å². The Balaban J connectivity index is 1.50. The van der Waals surface area contributed by atoms with Gasteiger partial charge in [-0.1, -0.05) is 35.9 Å². The highest BCUT2D eigenvalue weighted by atomic mass is 35.5. The zero-order valence-electron chi connectivity index (χ0n) is 17.2. The van der Waals surface area contributed by atoms with Crippen LogP contribution < -0.4 is 4.74 Å². The van der Waals surface area contributed by atoms with Crippen LogP contribution in [0.15, 0.2) is 61.2 Å². The molecule has 0 saturated carbocycles. The largest absolute Gasteiger partial charge is 0.454 e. The SMILES string of the molecule is COC1OC(c2ccc(Cl)c(Cc3ccc(Oc4cncnc4)cc3)c2)C(O)C(O)C1O. The third-order valence-corrected chi connectivity index (χ3v) is 5.66. The third-order valence-electron chi connectivity index (χ3n) is 5.29. The van der Waals surface area contributed by atoms with Gasteiger partial charge in [-0.15, -0.1) is 0 Å². The van der Waals surface area contributed by atoms with Gasteiger partial charge in [0.05, 0.1) is 12.4 Å². The second kappa shape index (κ2) is 9.91. The zero-order valence-corrected chi connectivity index (χ0v) is 18.0. The minimum Gasteiger partial charge on any atom is -0.454 e. The molecule has 0 aliphatic carbocycles. The number of aliphatic hydroxyl groups is 3. The number of benzene rings is 2. The van der Waals surface area contributed by atoms with Gasteiger partial charge in [-0.3, -0.25) is 0 Å². The van der Waals surface area contributed by atoms with Crippen molar-refractivity contribution in [2.45, 2.75) is 37.1 Å². The molecule has 1 saturated heterocycles. The van der Waals surface area contributed by atoms with E-state index in [4.69, 9.17) is 25.8 Å². The lowest BCUT2D eigenvalue weighted by Crippen LogP contribution is -2.54. The molecule has 1 aromatic heterocycles. The van der Waals surface area contributed by atoms with Crippen LogP contribution in [0, 0.1) is 0 Å². The van der Waals surface area contributed by atoms with Crippen molar-refractivity contribution in [1.82, 2.24) is 9.97 Å². The van der Waals surface area contributed by atoms with Crippen molar-refractivity contribution in [2.24, 2.45) is 0 Å². The summed E-state index contributed by atoms with van der Waals surface area (Å²) in [5.41, 5.74) is 2.43. The number of hydrogen-bond acceptors (Lipinski definition) is 8. The lowest BCUT2D eigenvalue weighted by Gasteiger charge is -2.40. The molecule has 8 nitrogen and oxygen atoms in total. The third kappa shape index (κ3) is 4.91. The predicted molar refractivity (Wildman–Crippen MR) is 115 cm³/mol. The van der Waals surface area contributed by atoms with Gasteiger partial charge in [0.1, 0.15) is 36.5 Å². The molecule has 0 bridgehead atoms. The first-order valence-corrected chi connectivity index (χ1v) is 10.4. The van der Waals surface area contributed by atoms with Crippen molar-refractivity contribution in [2.75, 3.05) is 7.11 Å². The van der Waals surface area contributed by atoms with Gasteiger partial charge in [-0.05, 0) is 41.3 Å². The number of aliphatic hydroxyl groups excluding tert-OH is 3. The van der Waals surface area contributed by atoms with Crippen molar-refractivity contribution in [1.29, 1.82) is 0 Å². The molecule has 0 spiro atoms. The summed E-state index contributed by atoms with van der Waals surface area (Å²) in [7, 11) is 1.36. The molecule has 3 aromatic rings. The average molecular weight is 459 g/mol. The van der Waals surface area contributed by atoms with Gasteiger partial charge in [0, 0.05) is 12.1 Å². The maximum Gasteiger partial charge on any atom is 0.186 e. The molecule has 3 N–H and O–H groups in total. The van der Waals surface area contributed by atoms with Crippen LogP contribution >= 0.6 is 11.6 Å². The van der Waals surface area contributed by atoms with E-state index < -0.39 is 30.7 Å². The van der Waals surface area contributed by atoms with Gasteiger partial charge in [0.2, 0.25) is 0 Å². The minimum absolute atomic E-state index is 0.531. The van der Waals surface area contributed by atoms with Crippen LogP contribution in [0.5, 0.6) is 11.5 Å². The average Bonchev–Trinajstić information content (AvgIpc) is 2.81. The van der Waals surface area contributed by atoms with Crippen LogP contribution in [-0.2, 0) is 15.9 Å². The molecule has 0 radical (unpaired) electrons. The molecule has 5 unspecified atom stereocenters. The highest BCUT2D eigenvalue weighted by Gasteiger charge is 2.44. The van der Waals surface area contributed by atoms with Crippen LogP contribution in [0.3, 0.4) is 0 Å². The quantitative estimate of drug-likeness (QED) is 0.516. The van der Waals surface area contributed by atoms with E-state index in [0.29, 0.717) is 28.5 Å². The van der Waals surface area contributed by atoms with Gasteiger partial charge >= 0.3 is 0 Å². The van der Waals surface area contributed by atoms with E-state index in [1.807, 2.05) is 30.3 Å². The summed E-state index contributed by atoms with van der Waals surface area (Å²) in [6, 6.07) is 12.8. The Bertz CT molecular complexity index is 1030. The Morgan fingerprint density at radius 1 is 0.938 bits per heavy atom. The molecular weight excluding hydrogens is 436 g/mol. The molecule has 1 fully saturated rings. The molecule has 9 heteroatoms. The summed E-state index contributed by atoms with van der Waals surface area (Å²) < 4.78 is 16.5. The van der Waals surface area contributed by atoms with E-state index in [1.54, 1.807) is 24.5 Å². The molecule has 4 rings (SSSR count). The maximum absolute atomic E-state index is 10.4. The lowest BCUT2D eigenvalue weighted by molar-refractivity contribution is -0.292. The fraction of sp³-hybridized carbons (Fsp3) is 0.304. The number of ether oxygens (including phenoxy) is 3. The summed E-state index contributed by atoms with van der Waals surface area (Å²) in [5, 5.41) is 31.1. The van der Waals surface area contributed by atoms with Crippen molar-refractivity contribution < 1.29 is 29.5 Å². The predicted octanol–water partition coefficient (Wildman–Crippen LogP) is 2.64. The van der Waals surface area contributed by atoms with Crippen LogP contribution in [0.25, 0.3) is 0 Å². The fourth-order valence-electron chi connectivity index (χ4n) is 3.59. The highest BCUT2D eigenvalue weighted by Crippen LogP contribution is 2.34. The molecule has 2 heterocycles.